The zero-order chi connectivity index (χ0) is 15.6. The normalized spacial score (nSPS) is 17.1. The molecule has 0 amide bonds. The Hall–Kier alpha value is -1.50. The SMILES string of the molecule is CCC/C=C/C/C(=C\C1CCCCC1)c1ccc(OC)cc1. The van der Waals surface area contributed by atoms with Crippen molar-refractivity contribution in [2.45, 2.75) is 58.3 Å². The third-order valence-corrected chi connectivity index (χ3v) is 4.51. The van der Waals surface area contributed by atoms with Crippen molar-refractivity contribution in [1.29, 1.82) is 0 Å². The first-order valence-electron chi connectivity index (χ1n) is 8.83. The molecule has 1 aromatic rings. The molecular formula is C21H30O. The smallest absolute Gasteiger partial charge is 0.118 e. The molecule has 0 heterocycles. The number of unbranched alkanes of at least 4 members (excludes halogenated alkanes) is 1. The van der Waals surface area contributed by atoms with E-state index in [2.05, 4.69) is 49.4 Å². The molecule has 1 fully saturated rings. The molecule has 0 aliphatic heterocycles. The van der Waals surface area contributed by atoms with E-state index < -0.39 is 0 Å². The summed E-state index contributed by atoms with van der Waals surface area (Å²) in [6.45, 7) is 2.23. The topological polar surface area (TPSA) is 9.23 Å². The van der Waals surface area contributed by atoms with E-state index in [9.17, 15) is 0 Å². The van der Waals surface area contributed by atoms with Gasteiger partial charge in [0.1, 0.15) is 5.75 Å². The molecule has 0 bridgehead atoms. The predicted molar refractivity (Wildman–Crippen MR) is 96.2 cm³/mol. The minimum absolute atomic E-state index is 0.769. The van der Waals surface area contributed by atoms with Crippen LogP contribution in [0.2, 0.25) is 0 Å². The van der Waals surface area contributed by atoms with Gasteiger partial charge < -0.3 is 4.74 Å². The third kappa shape index (κ3) is 5.36. The maximum absolute atomic E-state index is 5.28. The number of benzene rings is 1. The number of allylic oxidation sites excluding steroid dienone is 4. The summed E-state index contributed by atoms with van der Waals surface area (Å²) in [6.07, 6.45) is 17.6. The molecule has 1 nitrogen and oxygen atoms in total. The summed E-state index contributed by atoms with van der Waals surface area (Å²) in [4.78, 5) is 0. The van der Waals surface area contributed by atoms with Gasteiger partial charge in [0.25, 0.3) is 0 Å². The van der Waals surface area contributed by atoms with Crippen LogP contribution in [0.1, 0.15) is 63.9 Å². The summed E-state index contributed by atoms with van der Waals surface area (Å²) in [6, 6.07) is 8.53. The van der Waals surface area contributed by atoms with E-state index in [1.54, 1.807) is 7.11 Å². The Bertz CT molecular complexity index is 475. The molecule has 0 aromatic heterocycles. The van der Waals surface area contributed by atoms with Crippen LogP contribution in [0.3, 0.4) is 0 Å². The zero-order valence-corrected chi connectivity index (χ0v) is 14.2. The van der Waals surface area contributed by atoms with E-state index in [1.807, 2.05) is 0 Å². The van der Waals surface area contributed by atoms with Crippen LogP contribution in [0.25, 0.3) is 5.57 Å². The van der Waals surface area contributed by atoms with Gasteiger partial charge in [-0.05, 0) is 54.9 Å². The van der Waals surface area contributed by atoms with Crippen molar-refractivity contribution in [2.75, 3.05) is 7.11 Å². The van der Waals surface area contributed by atoms with Gasteiger partial charge in [-0.3, -0.25) is 0 Å². The molecule has 0 N–H and O–H groups in total. The highest BCUT2D eigenvalue weighted by molar-refractivity contribution is 5.67. The second-order valence-electron chi connectivity index (χ2n) is 6.28. The maximum Gasteiger partial charge on any atom is 0.118 e. The van der Waals surface area contributed by atoms with Crippen LogP contribution in [-0.2, 0) is 0 Å². The monoisotopic (exact) mass is 298 g/mol. The number of methoxy groups -OCH3 is 1. The Kier molecular flexibility index (Phi) is 7.28. The Morgan fingerprint density at radius 1 is 1.09 bits per heavy atom. The zero-order valence-electron chi connectivity index (χ0n) is 14.2. The average Bonchev–Trinajstić information content (AvgIpc) is 2.59. The summed E-state index contributed by atoms with van der Waals surface area (Å²) in [5, 5.41) is 0. The predicted octanol–water partition coefficient (Wildman–Crippen LogP) is 6.41. The van der Waals surface area contributed by atoms with Gasteiger partial charge in [-0.1, -0.05) is 63.0 Å². The van der Waals surface area contributed by atoms with Gasteiger partial charge in [-0.25, -0.2) is 0 Å². The van der Waals surface area contributed by atoms with Crippen molar-refractivity contribution in [2.24, 2.45) is 5.92 Å². The number of ether oxygens (including phenoxy) is 1. The van der Waals surface area contributed by atoms with Crippen LogP contribution in [0, 0.1) is 5.92 Å². The summed E-state index contributed by atoms with van der Waals surface area (Å²) in [5.41, 5.74) is 2.81. The quantitative estimate of drug-likeness (QED) is 0.529. The third-order valence-electron chi connectivity index (χ3n) is 4.51. The fourth-order valence-corrected chi connectivity index (χ4v) is 3.17. The molecule has 1 saturated carbocycles. The van der Waals surface area contributed by atoms with Gasteiger partial charge >= 0.3 is 0 Å². The maximum atomic E-state index is 5.28. The van der Waals surface area contributed by atoms with E-state index in [0.29, 0.717) is 0 Å². The highest BCUT2D eigenvalue weighted by Crippen LogP contribution is 2.30. The Morgan fingerprint density at radius 3 is 2.45 bits per heavy atom. The van der Waals surface area contributed by atoms with Crippen molar-refractivity contribution in [3.05, 3.63) is 48.1 Å². The summed E-state index contributed by atoms with van der Waals surface area (Å²) >= 11 is 0. The number of hydrogen-bond donors (Lipinski definition) is 0. The first-order valence-corrected chi connectivity index (χ1v) is 8.83. The minimum Gasteiger partial charge on any atom is -0.497 e. The van der Waals surface area contributed by atoms with Crippen LogP contribution < -0.4 is 4.74 Å². The second-order valence-corrected chi connectivity index (χ2v) is 6.28. The van der Waals surface area contributed by atoms with Crippen molar-refractivity contribution in [1.82, 2.24) is 0 Å². The van der Waals surface area contributed by atoms with E-state index >= 15 is 0 Å². The van der Waals surface area contributed by atoms with Crippen LogP contribution >= 0.6 is 0 Å². The van der Waals surface area contributed by atoms with Crippen LogP contribution in [-0.4, -0.2) is 7.11 Å². The fraction of sp³-hybridized carbons (Fsp3) is 0.524. The molecule has 1 aliphatic rings. The lowest BCUT2D eigenvalue weighted by Crippen LogP contribution is -2.03. The van der Waals surface area contributed by atoms with Gasteiger partial charge in [0.05, 0.1) is 7.11 Å². The number of hydrogen-bond acceptors (Lipinski definition) is 1. The lowest BCUT2D eigenvalue weighted by molar-refractivity contribution is 0.414. The molecule has 1 aliphatic carbocycles. The Morgan fingerprint density at radius 2 is 1.82 bits per heavy atom. The standard InChI is InChI=1S/C21H30O/c1-3-4-5-9-12-20(17-18-10-7-6-8-11-18)19-13-15-21(22-2)16-14-19/h5,9,13-18H,3-4,6-8,10-12H2,1-2H3/b9-5+,20-17+. The van der Waals surface area contributed by atoms with Crippen LogP contribution in [0.15, 0.2) is 42.5 Å². The largest absolute Gasteiger partial charge is 0.497 e. The first kappa shape index (κ1) is 16.9. The van der Waals surface area contributed by atoms with Gasteiger partial charge in [0, 0.05) is 0 Å². The van der Waals surface area contributed by atoms with E-state index in [1.165, 1.54) is 56.1 Å². The average molecular weight is 298 g/mol. The molecule has 1 heteroatoms. The second kappa shape index (κ2) is 9.50. The van der Waals surface area contributed by atoms with E-state index in [4.69, 9.17) is 4.74 Å². The van der Waals surface area contributed by atoms with E-state index in [0.717, 1.165) is 18.1 Å². The van der Waals surface area contributed by atoms with Crippen molar-refractivity contribution < 1.29 is 4.74 Å². The highest BCUT2D eigenvalue weighted by Gasteiger charge is 2.12. The Balaban J connectivity index is 2.13. The van der Waals surface area contributed by atoms with E-state index in [-0.39, 0.29) is 0 Å². The summed E-state index contributed by atoms with van der Waals surface area (Å²) < 4.78 is 5.28. The molecule has 0 unspecified atom stereocenters. The van der Waals surface area contributed by atoms with Crippen molar-refractivity contribution in [3.63, 3.8) is 0 Å². The lowest BCUT2D eigenvalue weighted by atomic mass is 9.86. The van der Waals surface area contributed by atoms with Crippen LogP contribution in [0.4, 0.5) is 0 Å². The van der Waals surface area contributed by atoms with Gasteiger partial charge in [-0.15, -0.1) is 0 Å². The molecule has 120 valence electrons. The molecule has 0 spiro atoms. The molecule has 0 saturated heterocycles. The van der Waals surface area contributed by atoms with Gasteiger partial charge in [-0.2, -0.15) is 0 Å². The van der Waals surface area contributed by atoms with Gasteiger partial charge in [0.2, 0.25) is 0 Å². The molecular weight excluding hydrogens is 268 g/mol. The molecule has 2 rings (SSSR count). The molecule has 22 heavy (non-hydrogen) atoms. The fourth-order valence-electron chi connectivity index (χ4n) is 3.17. The van der Waals surface area contributed by atoms with Gasteiger partial charge in [0.15, 0.2) is 0 Å². The lowest BCUT2D eigenvalue weighted by Gasteiger charge is -2.20. The summed E-state index contributed by atoms with van der Waals surface area (Å²) in [5.74, 6) is 1.70. The molecule has 1 aromatic carbocycles. The Labute approximate surface area is 136 Å². The minimum atomic E-state index is 0.769. The highest BCUT2D eigenvalue weighted by atomic mass is 16.5. The molecule has 0 atom stereocenters. The van der Waals surface area contributed by atoms with Crippen molar-refractivity contribution >= 4 is 5.57 Å². The number of rotatable bonds is 7. The first-order chi connectivity index (χ1) is 10.8. The van der Waals surface area contributed by atoms with Crippen molar-refractivity contribution in [3.8, 4) is 5.75 Å². The molecule has 0 radical (unpaired) electrons. The summed E-state index contributed by atoms with van der Waals surface area (Å²) in [7, 11) is 1.72. The van der Waals surface area contributed by atoms with Crippen LogP contribution in [0.5, 0.6) is 5.75 Å².